The summed E-state index contributed by atoms with van der Waals surface area (Å²) in [5.74, 6) is -1.76. The first-order valence-electron chi connectivity index (χ1n) is 7.10. The molecule has 0 aromatic heterocycles. The topological polar surface area (TPSA) is 83.5 Å². The Morgan fingerprint density at radius 3 is 2.22 bits per heavy atom. The van der Waals surface area contributed by atoms with Gasteiger partial charge in [0.25, 0.3) is 5.91 Å². The number of amides is 1. The van der Waals surface area contributed by atoms with Crippen molar-refractivity contribution in [2.45, 2.75) is 20.3 Å². The Bertz CT molecular complexity index is 763. The largest absolute Gasteiger partial charge is 0.478 e. The summed E-state index contributed by atoms with van der Waals surface area (Å²) in [4.78, 5) is 34.9. The molecule has 0 saturated heterocycles. The molecule has 0 aliphatic rings. The second-order valence-corrected chi connectivity index (χ2v) is 5.38. The number of aryl methyl sites for hydroxylation is 1. The summed E-state index contributed by atoms with van der Waals surface area (Å²) in [5, 5.41) is 11.9. The second-order valence-electron chi connectivity index (χ2n) is 5.38. The molecule has 1 amide bonds. The number of hydrogen-bond acceptors (Lipinski definition) is 3. The number of carbonyl (C=O) groups excluding carboxylic acids is 2. The van der Waals surface area contributed by atoms with Crippen LogP contribution in [0.5, 0.6) is 0 Å². The number of ketones is 1. The zero-order valence-corrected chi connectivity index (χ0v) is 12.9. The quantitative estimate of drug-likeness (QED) is 0.889. The van der Waals surface area contributed by atoms with Crippen molar-refractivity contribution in [3.8, 4) is 0 Å². The number of aromatic carboxylic acids is 1. The summed E-state index contributed by atoms with van der Waals surface area (Å²) in [6.45, 7) is 3.37. The normalized spacial score (nSPS) is 10.2. The maximum Gasteiger partial charge on any atom is 0.336 e. The van der Waals surface area contributed by atoms with E-state index in [4.69, 9.17) is 0 Å². The molecule has 0 radical (unpaired) electrons. The maximum absolute atomic E-state index is 12.4. The lowest BCUT2D eigenvalue weighted by molar-refractivity contribution is -0.116. The Labute approximate surface area is 134 Å². The van der Waals surface area contributed by atoms with Crippen molar-refractivity contribution in [2.75, 3.05) is 5.32 Å². The van der Waals surface area contributed by atoms with E-state index in [1.54, 1.807) is 18.2 Å². The molecular weight excluding hydrogens is 294 g/mol. The first-order valence-corrected chi connectivity index (χ1v) is 7.10. The smallest absolute Gasteiger partial charge is 0.336 e. The predicted octanol–water partition coefficient (Wildman–Crippen LogP) is 3.08. The molecule has 0 spiro atoms. The third-order valence-corrected chi connectivity index (χ3v) is 3.32. The van der Waals surface area contributed by atoms with E-state index in [2.05, 4.69) is 5.32 Å². The van der Waals surface area contributed by atoms with E-state index in [9.17, 15) is 19.5 Å². The number of Topliss-reactive ketones (excluding diaryl/α,β-unsaturated/α-hetero) is 1. The number of carbonyl (C=O) groups is 3. The van der Waals surface area contributed by atoms with Gasteiger partial charge in [-0.15, -0.1) is 0 Å². The van der Waals surface area contributed by atoms with Crippen molar-refractivity contribution >= 4 is 23.3 Å². The molecule has 0 aliphatic heterocycles. The maximum atomic E-state index is 12.4. The minimum Gasteiger partial charge on any atom is -0.478 e. The van der Waals surface area contributed by atoms with Gasteiger partial charge in [0, 0.05) is 12.1 Å². The summed E-state index contributed by atoms with van der Waals surface area (Å²) < 4.78 is 0. The summed E-state index contributed by atoms with van der Waals surface area (Å²) in [6, 6.07) is 11.5. The minimum absolute atomic E-state index is 0.0387. The number of hydrogen-bond donors (Lipinski definition) is 2. The van der Waals surface area contributed by atoms with E-state index >= 15 is 0 Å². The number of benzene rings is 2. The van der Waals surface area contributed by atoms with Gasteiger partial charge in [-0.3, -0.25) is 9.59 Å². The highest BCUT2D eigenvalue weighted by Crippen LogP contribution is 2.16. The number of nitrogens with one attached hydrogen (secondary N) is 1. The molecule has 5 heteroatoms. The van der Waals surface area contributed by atoms with Crippen molar-refractivity contribution in [1.29, 1.82) is 0 Å². The molecule has 2 rings (SSSR count). The summed E-state index contributed by atoms with van der Waals surface area (Å²) in [6.07, 6.45) is 0.157. The Morgan fingerprint density at radius 2 is 1.65 bits per heavy atom. The Balaban J connectivity index is 2.34. The molecule has 5 nitrogen and oxygen atoms in total. The SMILES string of the molecule is CC(=O)Cc1ccc(C(=O)O)c(C(=O)Nc2ccc(C)cc2)c1. The van der Waals surface area contributed by atoms with Gasteiger partial charge in [-0.25, -0.2) is 4.79 Å². The molecule has 2 aromatic carbocycles. The molecule has 2 N–H and O–H groups in total. The highest BCUT2D eigenvalue weighted by molar-refractivity contribution is 6.10. The molecule has 0 aliphatic carbocycles. The molecule has 2 aromatic rings. The molecule has 118 valence electrons. The van der Waals surface area contributed by atoms with Crippen molar-refractivity contribution in [3.05, 3.63) is 64.7 Å². The lowest BCUT2D eigenvalue weighted by Crippen LogP contribution is -2.17. The Hall–Kier alpha value is -2.95. The highest BCUT2D eigenvalue weighted by Gasteiger charge is 2.17. The molecule has 0 atom stereocenters. The monoisotopic (exact) mass is 311 g/mol. The lowest BCUT2D eigenvalue weighted by atomic mass is 10.0. The standard InChI is InChI=1S/C18H17NO4/c1-11-3-6-14(7-4-11)19-17(21)16-10-13(9-12(2)20)5-8-15(16)18(22)23/h3-8,10H,9H2,1-2H3,(H,19,21)(H,22,23). The number of carboxylic acid groups (broad SMARTS) is 1. The van der Waals surface area contributed by atoms with Gasteiger partial charge in [-0.1, -0.05) is 23.8 Å². The third kappa shape index (κ3) is 4.26. The van der Waals surface area contributed by atoms with Crippen molar-refractivity contribution in [1.82, 2.24) is 0 Å². The van der Waals surface area contributed by atoms with Gasteiger partial charge in [0.15, 0.2) is 0 Å². The van der Waals surface area contributed by atoms with E-state index in [1.807, 2.05) is 19.1 Å². The summed E-state index contributed by atoms with van der Waals surface area (Å²) in [5.41, 5.74) is 2.18. The molecule has 0 heterocycles. The minimum atomic E-state index is -1.19. The van der Waals surface area contributed by atoms with E-state index in [-0.39, 0.29) is 23.3 Å². The average molecular weight is 311 g/mol. The number of anilines is 1. The predicted molar refractivity (Wildman–Crippen MR) is 86.9 cm³/mol. The van der Waals surface area contributed by atoms with Crippen LogP contribution < -0.4 is 5.32 Å². The van der Waals surface area contributed by atoms with Crippen LogP contribution in [0.2, 0.25) is 0 Å². The number of carboxylic acids is 1. The van der Waals surface area contributed by atoms with E-state index in [1.165, 1.54) is 19.1 Å². The molecule has 0 bridgehead atoms. The fraction of sp³-hybridized carbons (Fsp3) is 0.167. The Kier molecular flexibility index (Phi) is 4.91. The van der Waals surface area contributed by atoms with E-state index < -0.39 is 11.9 Å². The third-order valence-electron chi connectivity index (χ3n) is 3.32. The molecule has 23 heavy (non-hydrogen) atoms. The van der Waals surface area contributed by atoms with Crippen LogP contribution in [-0.2, 0) is 11.2 Å². The fourth-order valence-corrected chi connectivity index (χ4v) is 2.20. The zero-order valence-electron chi connectivity index (χ0n) is 12.9. The van der Waals surface area contributed by atoms with Gasteiger partial charge >= 0.3 is 5.97 Å². The average Bonchev–Trinajstić information content (AvgIpc) is 2.48. The van der Waals surface area contributed by atoms with Gasteiger partial charge in [0.1, 0.15) is 5.78 Å². The van der Waals surface area contributed by atoms with Gasteiger partial charge in [-0.2, -0.15) is 0 Å². The van der Waals surface area contributed by atoms with Crippen LogP contribution >= 0.6 is 0 Å². The molecule has 0 unspecified atom stereocenters. The van der Waals surface area contributed by atoms with Crippen LogP contribution in [0.25, 0.3) is 0 Å². The van der Waals surface area contributed by atoms with Crippen LogP contribution in [0, 0.1) is 6.92 Å². The van der Waals surface area contributed by atoms with Crippen molar-refractivity contribution in [2.24, 2.45) is 0 Å². The highest BCUT2D eigenvalue weighted by atomic mass is 16.4. The zero-order chi connectivity index (χ0) is 17.0. The van der Waals surface area contributed by atoms with Crippen LogP contribution in [0.1, 0.15) is 38.8 Å². The second kappa shape index (κ2) is 6.87. The summed E-state index contributed by atoms with van der Waals surface area (Å²) in [7, 11) is 0. The lowest BCUT2D eigenvalue weighted by Gasteiger charge is -2.10. The first-order chi connectivity index (χ1) is 10.9. The molecule has 0 saturated carbocycles. The summed E-state index contributed by atoms with van der Waals surface area (Å²) >= 11 is 0. The van der Waals surface area contributed by atoms with Crippen LogP contribution in [-0.4, -0.2) is 22.8 Å². The van der Waals surface area contributed by atoms with Crippen molar-refractivity contribution in [3.63, 3.8) is 0 Å². The Morgan fingerprint density at radius 1 is 1.00 bits per heavy atom. The van der Waals surface area contributed by atoms with E-state index in [0.717, 1.165) is 5.56 Å². The van der Waals surface area contributed by atoms with Gasteiger partial charge < -0.3 is 10.4 Å². The van der Waals surface area contributed by atoms with Gasteiger partial charge in [0.05, 0.1) is 11.1 Å². The van der Waals surface area contributed by atoms with Gasteiger partial charge in [-0.05, 0) is 43.7 Å². The fourth-order valence-electron chi connectivity index (χ4n) is 2.20. The number of rotatable bonds is 5. The van der Waals surface area contributed by atoms with Crippen LogP contribution in [0.15, 0.2) is 42.5 Å². The first kappa shape index (κ1) is 16.4. The van der Waals surface area contributed by atoms with Gasteiger partial charge in [0.2, 0.25) is 0 Å². The van der Waals surface area contributed by atoms with Crippen molar-refractivity contribution < 1.29 is 19.5 Å². The molecule has 0 fully saturated rings. The molecular formula is C18H17NO4. The van der Waals surface area contributed by atoms with Crippen LogP contribution in [0.3, 0.4) is 0 Å². The van der Waals surface area contributed by atoms with Crippen LogP contribution in [0.4, 0.5) is 5.69 Å². The van der Waals surface area contributed by atoms with E-state index in [0.29, 0.717) is 11.3 Å².